The van der Waals surface area contributed by atoms with Crippen molar-refractivity contribution in [2.75, 3.05) is 14.1 Å². The molecule has 2 rings (SSSR count). The first-order valence-corrected chi connectivity index (χ1v) is 17.5. The van der Waals surface area contributed by atoms with Gasteiger partial charge in [-0.05, 0) is 96.6 Å². The van der Waals surface area contributed by atoms with Crippen LogP contribution in [-0.2, 0) is 31.2 Å². The third-order valence-electron chi connectivity index (χ3n) is 11.1. The van der Waals surface area contributed by atoms with E-state index in [9.17, 15) is 19.8 Å². The second kappa shape index (κ2) is 13.0. The van der Waals surface area contributed by atoms with Crippen molar-refractivity contribution in [1.29, 1.82) is 0 Å². The number of benzene rings is 2. The van der Waals surface area contributed by atoms with Crippen LogP contribution in [0.2, 0.25) is 0 Å². The minimum atomic E-state index is -0.763. The highest BCUT2D eigenvalue weighted by atomic mass is 16.3. The molecule has 2 N–H and O–H groups in total. The Labute approximate surface area is 293 Å². The van der Waals surface area contributed by atoms with E-state index in [1.54, 1.807) is 9.80 Å². The number of carbonyl (C=O) groups is 2. The molecule has 0 heterocycles. The normalized spacial score (nSPS) is 14.8. The summed E-state index contributed by atoms with van der Waals surface area (Å²) >= 11 is 0. The highest BCUT2D eigenvalue weighted by Crippen LogP contribution is 2.44. The van der Waals surface area contributed by atoms with Gasteiger partial charge >= 0.3 is 0 Å². The number of nitrogens with zero attached hydrogens (tertiary/aromatic N) is 2. The van der Waals surface area contributed by atoms with Crippen molar-refractivity contribution in [3.8, 4) is 11.5 Å². The molecule has 0 aliphatic rings. The molecule has 48 heavy (non-hydrogen) atoms. The van der Waals surface area contributed by atoms with Crippen LogP contribution in [0.15, 0.2) is 24.3 Å². The minimum Gasteiger partial charge on any atom is -0.507 e. The van der Waals surface area contributed by atoms with Gasteiger partial charge in [-0.25, -0.2) is 0 Å². The van der Waals surface area contributed by atoms with Crippen LogP contribution in [0.5, 0.6) is 11.5 Å². The van der Waals surface area contributed by atoms with Crippen molar-refractivity contribution in [3.05, 3.63) is 57.6 Å². The fourth-order valence-corrected chi connectivity index (χ4v) is 6.34. The fourth-order valence-electron chi connectivity index (χ4n) is 6.34. The molecular weight excluding hydrogens is 596 g/mol. The van der Waals surface area contributed by atoms with Crippen LogP contribution in [0.3, 0.4) is 0 Å². The van der Waals surface area contributed by atoms with E-state index in [1.165, 1.54) is 0 Å². The molecule has 0 aliphatic heterocycles. The lowest BCUT2D eigenvalue weighted by atomic mass is 9.76. The molecule has 2 amide bonds. The van der Waals surface area contributed by atoms with E-state index in [0.717, 1.165) is 33.4 Å². The molecule has 0 aliphatic carbocycles. The highest BCUT2D eigenvalue weighted by Gasteiger charge is 2.48. The molecule has 0 spiro atoms. The van der Waals surface area contributed by atoms with Gasteiger partial charge in [0.2, 0.25) is 11.8 Å². The summed E-state index contributed by atoms with van der Waals surface area (Å²) in [5.41, 5.74) is 2.25. The summed E-state index contributed by atoms with van der Waals surface area (Å²) in [6, 6.07) is 7.91. The number of hydrogen-bond acceptors (Lipinski definition) is 4. The number of hydrogen-bond donors (Lipinski definition) is 2. The predicted molar refractivity (Wildman–Crippen MR) is 202 cm³/mol. The van der Waals surface area contributed by atoms with Crippen LogP contribution in [0.1, 0.15) is 170 Å². The predicted octanol–water partition coefficient (Wildman–Crippen LogP) is 9.67. The van der Waals surface area contributed by atoms with Crippen LogP contribution < -0.4 is 0 Å². The average molecular weight is 665 g/mol. The zero-order chi connectivity index (χ0) is 37.9. The van der Waals surface area contributed by atoms with Gasteiger partial charge in [0.05, 0.1) is 22.9 Å². The summed E-state index contributed by atoms with van der Waals surface area (Å²) in [5, 5.41) is 22.5. The number of phenols is 2. The smallest absolute Gasteiger partial charge is 0.230 e. The standard InChI is InChI=1S/C42H68N2O4/c1-25(27-21-29(37(3,4)5)33(45)30(22-27)38(6,7)8)35(47)43(19)41(15,16)42(17,18)44(20)36(48)26(2)28-23-31(39(9,10)11)34(46)32(24-28)40(12,13)14/h21-26,45-46H,1-20H3. The maximum absolute atomic E-state index is 14.3. The molecule has 0 saturated heterocycles. The Bertz CT molecular complexity index is 1340. The van der Waals surface area contributed by atoms with E-state index >= 15 is 0 Å². The molecule has 0 saturated carbocycles. The van der Waals surface area contributed by atoms with Gasteiger partial charge in [-0.15, -0.1) is 0 Å². The SMILES string of the molecule is CC(C(=O)N(C)C(C)(C)C(C)(C)N(C)C(=O)C(C)c1cc(C(C)(C)C)c(O)c(C(C)(C)C)c1)c1cc(C(C)(C)C)c(O)c(C(C)(C)C)c1. The molecule has 2 aromatic rings. The van der Waals surface area contributed by atoms with Crippen LogP contribution in [0, 0.1) is 0 Å². The second-order valence-corrected chi connectivity index (χ2v) is 19.3. The van der Waals surface area contributed by atoms with Gasteiger partial charge in [0.1, 0.15) is 11.5 Å². The van der Waals surface area contributed by atoms with E-state index < -0.39 is 22.9 Å². The average Bonchev–Trinajstić information content (AvgIpc) is 2.92. The molecule has 6 heteroatoms. The summed E-state index contributed by atoms with van der Waals surface area (Å²) in [4.78, 5) is 32.2. The van der Waals surface area contributed by atoms with Gasteiger partial charge in [-0.1, -0.05) is 107 Å². The first kappa shape index (κ1) is 41.2. The van der Waals surface area contributed by atoms with Crippen molar-refractivity contribution < 1.29 is 19.8 Å². The quantitative estimate of drug-likeness (QED) is 0.309. The molecule has 0 aromatic heterocycles. The molecule has 0 radical (unpaired) electrons. The van der Waals surface area contributed by atoms with Crippen LogP contribution in [-0.4, -0.2) is 57.0 Å². The van der Waals surface area contributed by atoms with Gasteiger partial charge in [-0.2, -0.15) is 0 Å². The Balaban J connectivity index is 2.55. The number of carbonyl (C=O) groups excluding carboxylic acids is 2. The van der Waals surface area contributed by atoms with E-state index in [2.05, 4.69) is 83.1 Å². The molecule has 6 nitrogen and oxygen atoms in total. The van der Waals surface area contributed by atoms with E-state index in [0.29, 0.717) is 11.5 Å². The summed E-state index contributed by atoms with van der Waals surface area (Å²) in [6.45, 7) is 36.8. The van der Waals surface area contributed by atoms with Crippen molar-refractivity contribution in [1.82, 2.24) is 9.80 Å². The Morgan fingerprint density at radius 1 is 0.479 bits per heavy atom. The Kier molecular flexibility index (Phi) is 11.2. The first-order valence-electron chi connectivity index (χ1n) is 17.5. The van der Waals surface area contributed by atoms with E-state index in [-0.39, 0.29) is 33.5 Å². The molecule has 2 atom stereocenters. The molecular formula is C42H68N2O4. The number of aromatic hydroxyl groups is 2. The minimum absolute atomic E-state index is 0.0597. The van der Waals surface area contributed by atoms with E-state index in [1.807, 2.05) is 79.9 Å². The summed E-state index contributed by atoms with van der Waals surface area (Å²) in [7, 11) is 3.65. The maximum atomic E-state index is 14.3. The zero-order valence-electron chi connectivity index (χ0n) is 34.1. The molecule has 0 bridgehead atoms. The topological polar surface area (TPSA) is 81.1 Å². The van der Waals surface area contributed by atoms with Gasteiger partial charge in [0, 0.05) is 14.1 Å². The lowest BCUT2D eigenvalue weighted by Gasteiger charge is -2.53. The van der Waals surface area contributed by atoms with Crippen LogP contribution >= 0.6 is 0 Å². The largest absolute Gasteiger partial charge is 0.507 e. The Hall–Kier alpha value is -3.02. The summed E-state index contributed by atoms with van der Waals surface area (Å²) < 4.78 is 0. The number of amides is 2. The molecule has 2 aromatic carbocycles. The highest BCUT2D eigenvalue weighted by molar-refractivity contribution is 5.86. The second-order valence-electron chi connectivity index (χ2n) is 19.3. The molecule has 0 fully saturated rings. The fraction of sp³-hybridized carbons (Fsp3) is 0.667. The maximum Gasteiger partial charge on any atom is 0.230 e. The van der Waals surface area contributed by atoms with Gasteiger partial charge < -0.3 is 20.0 Å². The first-order chi connectivity index (χ1) is 21.2. The van der Waals surface area contributed by atoms with Gasteiger partial charge in [-0.3, -0.25) is 9.59 Å². The third kappa shape index (κ3) is 7.89. The number of phenolic OH excluding ortho intramolecular Hbond substituents is 2. The number of likely N-dealkylation sites (N-methyl/N-ethyl adjacent to an activating group) is 2. The van der Waals surface area contributed by atoms with Crippen molar-refractivity contribution in [2.45, 2.75) is 169 Å². The Morgan fingerprint density at radius 3 is 0.833 bits per heavy atom. The number of rotatable bonds is 7. The van der Waals surface area contributed by atoms with Crippen LogP contribution in [0.25, 0.3) is 0 Å². The van der Waals surface area contributed by atoms with Crippen LogP contribution in [0.4, 0.5) is 0 Å². The third-order valence-corrected chi connectivity index (χ3v) is 11.1. The summed E-state index contributed by atoms with van der Waals surface area (Å²) in [6.07, 6.45) is 0. The summed E-state index contributed by atoms with van der Waals surface area (Å²) in [5.74, 6) is -0.486. The molecule has 270 valence electrons. The van der Waals surface area contributed by atoms with Crippen molar-refractivity contribution in [2.24, 2.45) is 0 Å². The van der Waals surface area contributed by atoms with E-state index in [4.69, 9.17) is 0 Å². The van der Waals surface area contributed by atoms with Crippen molar-refractivity contribution >= 4 is 11.8 Å². The lowest BCUT2D eigenvalue weighted by Crippen LogP contribution is -2.66. The monoisotopic (exact) mass is 665 g/mol. The Morgan fingerprint density at radius 2 is 0.667 bits per heavy atom. The van der Waals surface area contributed by atoms with Gasteiger partial charge in [0.25, 0.3) is 0 Å². The van der Waals surface area contributed by atoms with Gasteiger partial charge in [0.15, 0.2) is 0 Å². The molecule has 2 unspecified atom stereocenters. The zero-order valence-corrected chi connectivity index (χ0v) is 34.1. The van der Waals surface area contributed by atoms with Crippen molar-refractivity contribution in [3.63, 3.8) is 0 Å². The lowest BCUT2D eigenvalue weighted by molar-refractivity contribution is -0.150.